The first kappa shape index (κ1) is 18.8. The predicted octanol–water partition coefficient (Wildman–Crippen LogP) is 1.06. The molecule has 0 aliphatic rings. The second kappa shape index (κ2) is 8.39. The Morgan fingerprint density at radius 2 is 0.909 bits per heavy atom. The van der Waals surface area contributed by atoms with Gasteiger partial charge >= 0.3 is 0 Å². The van der Waals surface area contributed by atoms with Gasteiger partial charge in [0.05, 0.1) is 0 Å². The molecule has 0 saturated heterocycles. The number of benzene rings is 2. The van der Waals surface area contributed by atoms with Crippen molar-refractivity contribution in [2.75, 3.05) is 12.7 Å². The van der Waals surface area contributed by atoms with Crippen LogP contribution in [0, 0.1) is 0 Å². The van der Waals surface area contributed by atoms with Crippen molar-refractivity contribution >= 4 is 25.3 Å². The normalized spacial score (nSPS) is 15.8. The minimum absolute atomic E-state index is 0.294. The molecule has 0 aliphatic heterocycles. The van der Waals surface area contributed by atoms with E-state index in [2.05, 4.69) is 0 Å². The topological polar surface area (TPSA) is 115 Å². The van der Waals surface area contributed by atoms with E-state index in [1.165, 1.54) is 24.3 Å². The lowest BCUT2D eigenvalue weighted by Crippen LogP contribution is -2.05. The Balaban J connectivity index is 0.000000220. The van der Waals surface area contributed by atoms with Crippen molar-refractivity contribution in [3.8, 4) is 0 Å². The molecule has 0 fully saturated rings. The number of rotatable bonds is 4. The Morgan fingerprint density at radius 3 is 1.14 bits per heavy atom. The minimum atomic E-state index is -3.47. The Hall–Kier alpha value is -1.26. The van der Waals surface area contributed by atoms with Crippen molar-refractivity contribution in [2.24, 2.45) is 0 Å². The number of hydrogen-bond donors (Lipinski definition) is 4. The molecule has 0 bridgehead atoms. The molecule has 22 heavy (non-hydrogen) atoms. The molecule has 0 amide bonds. The predicted molar refractivity (Wildman–Crippen MR) is 86.0 cm³/mol. The first-order chi connectivity index (χ1) is 10.3. The zero-order valence-electron chi connectivity index (χ0n) is 11.7. The summed E-state index contributed by atoms with van der Waals surface area (Å²) in [4.78, 5) is 18.2. The lowest BCUT2D eigenvalue weighted by atomic mass is 10.4. The standard InChI is InChI=1S/2C7H9O3P/c2*8-6-11(9,10)7-4-2-1-3-5-7/h2*1-5,8H,6H2,(H,9,10). The van der Waals surface area contributed by atoms with E-state index >= 15 is 0 Å². The molecule has 0 radical (unpaired) electrons. The van der Waals surface area contributed by atoms with Gasteiger partial charge in [0.25, 0.3) is 14.7 Å². The minimum Gasteiger partial charge on any atom is -0.386 e. The summed E-state index contributed by atoms with van der Waals surface area (Å²) in [5, 5.41) is 17.7. The molecule has 0 spiro atoms. The van der Waals surface area contributed by atoms with Crippen LogP contribution in [0.3, 0.4) is 0 Å². The van der Waals surface area contributed by atoms with Crippen LogP contribution in [0.1, 0.15) is 0 Å². The third kappa shape index (κ3) is 5.50. The van der Waals surface area contributed by atoms with Crippen LogP contribution < -0.4 is 10.6 Å². The molecular formula is C14H18O6P2. The summed E-state index contributed by atoms with van der Waals surface area (Å²) >= 11 is 0. The maximum Gasteiger partial charge on any atom is 0.254 e. The molecule has 0 saturated carbocycles. The molecule has 6 nitrogen and oxygen atoms in total. The highest BCUT2D eigenvalue weighted by molar-refractivity contribution is 7.66. The van der Waals surface area contributed by atoms with Crippen molar-refractivity contribution in [3.05, 3.63) is 60.7 Å². The smallest absolute Gasteiger partial charge is 0.254 e. The molecule has 4 N–H and O–H groups in total. The van der Waals surface area contributed by atoms with Crippen LogP contribution in [-0.4, -0.2) is 32.7 Å². The lowest BCUT2D eigenvalue weighted by molar-refractivity contribution is 0.337. The van der Waals surface area contributed by atoms with Gasteiger partial charge in [0, 0.05) is 10.6 Å². The Morgan fingerprint density at radius 1 is 0.636 bits per heavy atom. The monoisotopic (exact) mass is 344 g/mol. The van der Waals surface area contributed by atoms with Crippen LogP contribution in [0.25, 0.3) is 0 Å². The van der Waals surface area contributed by atoms with Crippen molar-refractivity contribution < 1.29 is 29.1 Å². The summed E-state index contributed by atoms with van der Waals surface area (Å²) in [7, 11) is -6.94. The first-order valence-electron chi connectivity index (χ1n) is 6.30. The fourth-order valence-electron chi connectivity index (χ4n) is 1.49. The zero-order valence-corrected chi connectivity index (χ0v) is 13.5. The molecule has 2 aromatic carbocycles. The second-order valence-electron chi connectivity index (χ2n) is 4.36. The van der Waals surface area contributed by atoms with Crippen molar-refractivity contribution in [2.45, 2.75) is 0 Å². The molecule has 2 atom stereocenters. The third-order valence-electron chi connectivity index (χ3n) is 2.70. The van der Waals surface area contributed by atoms with Gasteiger partial charge in [0.1, 0.15) is 12.7 Å². The summed E-state index contributed by atoms with van der Waals surface area (Å²) in [6.07, 6.45) is -1.39. The first-order valence-corrected chi connectivity index (χ1v) is 9.99. The third-order valence-corrected chi connectivity index (χ3v) is 5.68. The number of aliphatic hydroxyl groups is 2. The SMILES string of the molecule is O=P(O)(CO)c1ccccc1.O=P(O)(CO)c1ccccc1. The maximum atomic E-state index is 11.1. The van der Waals surface area contributed by atoms with Crippen molar-refractivity contribution in [3.63, 3.8) is 0 Å². The summed E-state index contributed by atoms with van der Waals surface area (Å²) in [6, 6.07) is 16.2. The molecular weight excluding hydrogens is 326 g/mol. The summed E-state index contributed by atoms with van der Waals surface area (Å²) in [5.41, 5.74) is 0. The van der Waals surface area contributed by atoms with Crippen LogP contribution in [0.15, 0.2) is 60.7 Å². The highest BCUT2D eigenvalue weighted by atomic mass is 31.2. The Kier molecular flexibility index (Phi) is 7.17. The summed E-state index contributed by atoms with van der Waals surface area (Å²) < 4.78 is 22.2. The van der Waals surface area contributed by atoms with Crippen LogP contribution in [0.4, 0.5) is 0 Å². The van der Waals surface area contributed by atoms with Crippen molar-refractivity contribution in [1.29, 1.82) is 0 Å². The highest BCUT2D eigenvalue weighted by Crippen LogP contribution is 2.37. The van der Waals surface area contributed by atoms with E-state index in [0.717, 1.165) is 0 Å². The Labute approximate surface area is 128 Å². The van der Waals surface area contributed by atoms with Gasteiger partial charge in [-0.1, -0.05) is 36.4 Å². The fraction of sp³-hybridized carbons (Fsp3) is 0.143. The van der Waals surface area contributed by atoms with Gasteiger partial charge in [0.2, 0.25) is 0 Å². The molecule has 2 rings (SSSR count). The van der Waals surface area contributed by atoms with Crippen LogP contribution >= 0.6 is 14.7 Å². The molecule has 120 valence electrons. The highest BCUT2D eigenvalue weighted by Gasteiger charge is 2.18. The molecule has 0 aliphatic carbocycles. The van der Waals surface area contributed by atoms with E-state index in [9.17, 15) is 9.13 Å². The van der Waals surface area contributed by atoms with E-state index in [0.29, 0.717) is 10.6 Å². The van der Waals surface area contributed by atoms with E-state index in [4.69, 9.17) is 20.0 Å². The second-order valence-corrected chi connectivity index (χ2v) is 8.76. The fourth-order valence-corrected chi connectivity index (χ4v) is 3.09. The lowest BCUT2D eigenvalue weighted by Gasteiger charge is -2.06. The van der Waals surface area contributed by atoms with E-state index in [1.807, 2.05) is 0 Å². The largest absolute Gasteiger partial charge is 0.386 e. The van der Waals surface area contributed by atoms with Gasteiger partial charge in [-0.25, -0.2) is 0 Å². The van der Waals surface area contributed by atoms with Gasteiger partial charge < -0.3 is 20.0 Å². The molecule has 8 heteroatoms. The average Bonchev–Trinajstić information content (AvgIpc) is 2.57. The molecule has 0 heterocycles. The summed E-state index contributed by atoms with van der Waals surface area (Å²) in [5.74, 6) is 0. The quantitative estimate of drug-likeness (QED) is 0.617. The van der Waals surface area contributed by atoms with E-state index in [-0.39, 0.29) is 0 Å². The van der Waals surface area contributed by atoms with Crippen LogP contribution in [0.5, 0.6) is 0 Å². The van der Waals surface area contributed by atoms with Crippen molar-refractivity contribution in [1.82, 2.24) is 0 Å². The van der Waals surface area contributed by atoms with Gasteiger partial charge in [-0.3, -0.25) is 9.13 Å². The van der Waals surface area contributed by atoms with Gasteiger partial charge in [0.15, 0.2) is 0 Å². The summed E-state index contributed by atoms with van der Waals surface area (Å²) in [6.45, 7) is 0. The average molecular weight is 344 g/mol. The molecule has 2 unspecified atom stereocenters. The van der Waals surface area contributed by atoms with Crippen LogP contribution in [-0.2, 0) is 9.13 Å². The van der Waals surface area contributed by atoms with Crippen LogP contribution in [0.2, 0.25) is 0 Å². The van der Waals surface area contributed by atoms with Gasteiger partial charge in [-0.15, -0.1) is 0 Å². The Bertz CT molecular complexity index is 600. The van der Waals surface area contributed by atoms with Gasteiger partial charge in [-0.05, 0) is 24.3 Å². The van der Waals surface area contributed by atoms with Gasteiger partial charge in [-0.2, -0.15) is 0 Å². The molecule has 2 aromatic rings. The number of aliphatic hydroxyl groups excluding tert-OH is 2. The number of hydrogen-bond acceptors (Lipinski definition) is 4. The zero-order chi connectivity index (χ0) is 16.6. The maximum absolute atomic E-state index is 11.1. The van der Waals surface area contributed by atoms with E-state index in [1.54, 1.807) is 36.4 Å². The van der Waals surface area contributed by atoms with E-state index < -0.39 is 27.4 Å². The molecule has 0 aromatic heterocycles.